The molecule has 1 aliphatic carbocycles. The molecule has 11 heteroatoms. The van der Waals surface area contributed by atoms with Crippen LogP contribution in [0.3, 0.4) is 0 Å². The minimum atomic E-state index is -3.31. The number of hydrogen-bond donors (Lipinski definition) is 1. The number of carbonyl (C=O) groups is 3. The normalized spacial score (nSPS) is 22.8. The van der Waals surface area contributed by atoms with Crippen molar-refractivity contribution in [3.63, 3.8) is 0 Å². The molecule has 0 bridgehead atoms. The Labute approximate surface area is 245 Å². The van der Waals surface area contributed by atoms with Gasteiger partial charge < -0.3 is 15.1 Å². The Morgan fingerprint density at radius 2 is 1.64 bits per heavy atom. The number of piperazine rings is 1. The van der Waals surface area contributed by atoms with Crippen LogP contribution in [0, 0.1) is 23.5 Å². The Kier molecular flexibility index (Phi) is 8.42. The standard InChI is InChI=1S/C31H37F2N3O5S/c1-18(2)14-26-29(37)34-27(21-15-19-6-4-5-7-20(19)16-21)30(38)36(26)28(24-9-8-22(32)17-25(24)33)31(39)35-12-10-23(11-13-35)42(3,40)41/h4-9,17-18,21,23,26-28H,10-16H2,1-3H3,(H,34,37). The zero-order chi connectivity index (χ0) is 30.3. The zero-order valence-electron chi connectivity index (χ0n) is 24.1. The average Bonchev–Trinajstić information content (AvgIpc) is 3.36. The van der Waals surface area contributed by atoms with Crippen LogP contribution >= 0.6 is 0 Å². The molecular formula is C31H37F2N3O5S. The number of fused-ring (bicyclic) bond motifs is 1. The number of sulfone groups is 1. The van der Waals surface area contributed by atoms with Gasteiger partial charge in [0.25, 0.3) is 0 Å². The van der Waals surface area contributed by atoms with E-state index in [1.807, 2.05) is 38.1 Å². The van der Waals surface area contributed by atoms with Crippen LogP contribution in [0.5, 0.6) is 0 Å². The van der Waals surface area contributed by atoms with Crippen molar-refractivity contribution >= 4 is 27.6 Å². The first-order chi connectivity index (χ1) is 19.8. The maximum atomic E-state index is 15.5. The summed E-state index contributed by atoms with van der Waals surface area (Å²) in [5.41, 5.74) is 1.98. The molecule has 226 valence electrons. The van der Waals surface area contributed by atoms with Gasteiger partial charge in [-0.1, -0.05) is 44.2 Å². The molecule has 1 N–H and O–H groups in total. The molecule has 3 amide bonds. The van der Waals surface area contributed by atoms with Crippen molar-refractivity contribution in [3.8, 4) is 0 Å². The summed E-state index contributed by atoms with van der Waals surface area (Å²) in [6.45, 7) is 3.97. The van der Waals surface area contributed by atoms with Crippen LogP contribution in [0.1, 0.15) is 55.8 Å². The molecule has 2 aromatic carbocycles. The first-order valence-electron chi connectivity index (χ1n) is 14.5. The number of benzene rings is 2. The number of halogens is 2. The van der Waals surface area contributed by atoms with Crippen LogP contribution in [0.4, 0.5) is 8.78 Å². The first kappa shape index (κ1) is 30.1. The van der Waals surface area contributed by atoms with Crippen molar-refractivity contribution in [3.05, 3.63) is 70.8 Å². The summed E-state index contributed by atoms with van der Waals surface area (Å²) in [7, 11) is -3.31. The van der Waals surface area contributed by atoms with Crippen molar-refractivity contribution in [1.82, 2.24) is 15.1 Å². The molecule has 0 saturated carbocycles. The van der Waals surface area contributed by atoms with Crippen molar-refractivity contribution in [2.24, 2.45) is 11.8 Å². The lowest BCUT2D eigenvalue weighted by Gasteiger charge is -2.46. The lowest BCUT2D eigenvalue weighted by Crippen LogP contribution is -2.67. The topological polar surface area (TPSA) is 104 Å². The van der Waals surface area contributed by atoms with E-state index in [0.29, 0.717) is 18.9 Å². The van der Waals surface area contributed by atoms with Gasteiger partial charge >= 0.3 is 0 Å². The molecule has 0 spiro atoms. The molecule has 5 rings (SSSR count). The number of nitrogens with zero attached hydrogens (tertiary/aromatic N) is 2. The first-order valence-corrected chi connectivity index (χ1v) is 16.4. The van der Waals surface area contributed by atoms with Gasteiger partial charge in [0, 0.05) is 31.0 Å². The van der Waals surface area contributed by atoms with E-state index in [9.17, 15) is 27.2 Å². The lowest BCUT2D eigenvalue weighted by atomic mass is 9.87. The van der Waals surface area contributed by atoms with E-state index in [4.69, 9.17) is 0 Å². The Balaban J connectivity index is 1.55. The van der Waals surface area contributed by atoms with Gasteiger partial charge in [-0.15, -0.1) is 0 Å². The number of amides is 3. The van der Waals surface area contributed by atoms with Crippen LogP contribution in [0.15, 0.2) is 42.5 Å². The highest BCUT2D eigenvalue weighted by Gasteiger charge is 2.51. The molecule has 2 fully saturated rings. The fourth-order valence-electron chi connectivity index (χ4n) is 6.68. The molecule has 3 atom stereocenters. The molecule has 42 heavy (non-hydrogen) atoms. The Hall–Kier alpha value is -3.34. The summed E-state index contributed by atoms with van der Waals surface area (Å²) in [5, 5.41) is 2.32. The second kappa shape index (κ2) is 11.7. The van der Waals surface area contributed by atoms with Gasteiger partial charge in [0.2, 0.25) is 17.7 Å². The molecule has 0 aromatic heterocycles. The average molecular weight is 602 g/mol. The Bertz CT molecular complexity index is 1460. The molecule has 3 unspecified atom stereocenters. The molecular weight excluding hydrogens is 564 g/mol. The molecule has 2 saturated heterocycles. The predicted molar refractivity (Wildman–Crippen MR) is 153 cm³/mol. The second-order valence-electron chi connectivity index (χ2n) is 12.2. The maximum Gasteiger partial charge on any atom is 0.250 e. The van der Waals surface area contributed by atoms with Crippen LogP contribution in [0.25, 0.3) is 0 Å². The number of likely N-dealkylation sites (tertiary alicyclic amines) is 1. The lowest BCUT2D eigenvalue weighted by molar-refractivity contribution is -0.160. The van der Waals surface area contributed by atoms with Crippen molar-refractivity contribution in [1.29, 1.82) is 0 Å². The molecule has 8 nitrogen and oxygen atoms in total. The zero-order valence-corrected chi connectivity index (χ0v) is 24.9. The SMILES string of the molecule is CC(C)CC1C(=O)NC(C2Cc3ccccc3C2)C(=O)N1C(C(=O)N1CCC(S(C)(=O)=O)CC1)c1ccc(F)cc1F. The summed E-state index contributed by atoms with van der Waals surface area (Å²) in [6, 6.07) is 7.19. The Morgan fingerprint density at radius 3 is 2.19 bits per heavy atom. The highest BCUT2D eigenvalue weighted by atomic mass is 32.2. The van der Waals surface area contributed by atoms with Crippen LogP contribution in [-0.4, -0.2) is 72.6 Å². The quantitative estimate of drug-likeness (QED) is 0.525. The van der Waals surface area contributed by atoms with Gasteiger partial charge in [-0.05, 0) is 61.1 Å². The molecule has 0 radical (unpaired) electrons. The van der Waals surface area contributed by atoms with Gasteiger partial charge in [0.15, 0.2) is 0 Å². The van der Waals surface area contributed by atoms with Crippen molar-refractivity contribution in [2.45, 2.75) is 69.3 Å². The monoisotopic (exact) mass is 601 g/mol. The van der Waals surface area contributed by atoms with Gasteiger partial charge in [-0.3, -0.25) is 14.4 Å². The minimum absolute atomic E-state index is 0.0392. The van der Waals surface area contributed by atoms with Crippen LogP contribution < -0.4 is 5.32 Å². The number of carbonyl (C=O) groups excluding carboxylic acids is 3. The van der Waals surface area contributed by atoms with Gasteiger partial charge in [0.1, 0.15) is 39.6 Å². The smallest absolute Gasteiger partial charge is 0.250 e. The number of piperidine rings is 1. The van der Waals surface area contributed by atoms with Crippen molar-refractivity contribution in [2.75, 3.05) is 19.3 Å². The maximum absolute atomic E-state index is 15.5. The van der Waals surface area contributed by atoms with E-state index in [-0.39, 0.29) is 49.8 Å². The van der Waals surface area contributed by atoms with E-state index in [0.717, 1.165) is 29.5 Å². The predicted octanol–water partition coefficient (Wildman–Crippen LogP) is 3.20. The van der Waals surface area contributed by atoms with E-state index in [1.165, 1.54) is 9.80 Å². The molecule has 2 heterocycles. The van der Waals surface area contributed by atoms with Crippen molar-refractivity contribution < 1.29 is 31.6 Å². The summed E-state index contributed by atoms with van der Waals surface area (Å²) in [6.07, 6.45) is 2.94. The fraction of sp³-hybridized carbons (Fsp3) is 0.516. The third-order valence-corrected chi connectivity index (χ3v) is 10.5. The molecule has 2 aromatic rings. The summed E-state index contributed by atoms with van der Waals surface area (Å²) < 4.78 is 53.7. The number of nitrogens with one attached hydrogen (secondary N) is 1. The third kappa shape index (κ3) is 5.93. The third-order valence-electron chi connectivity index (χ3n) is 8.83. The van der Waals surface area contributed by atoms with E-state index in [1.54, 1.807) is 0 Å². The summed E-state index contributed by atoms with van der Waals surface area (Å²) in [5.74, 6) is -3.63. The summed E-state index contributed by atoms with van der Waals surface area (Å²) in [4.78, 5) is 45.1. The molecule has 2 aliphatic heterocycles. The van der Waals surface area contributed by atoms with Gasteiger partial charge in [-0.2, -0.15) is 0 Å². The van der Waals surface area contributed by atoms with Gasteiger partial charge in [0.05, 0.1) is 5.25 Å². The largest absolute Gasteiger partial charge is 0.342 e. The molecule has 3 aliphatic rings. The Morgan fingerprint density at radius 1 is 1.02 bits per heavy atom. The number of rotatable bonds is 7. The van der Waals surface area contributed by atoms with Crippen LogP contribution in [0.2, 0.25) is 0 Å². The van der Waals surface area contributed by atoms with E-state index >= 15 is 4.39 Å². The van der Waals surface area contributed by atoms with E-state index < -0.39 is 62.6 Å². The minimum Gasteiger partial charge on any atom is -0.342 e. The highest BCUT2D eigenvalue weighted by Crippen LogP contribution is 2.37. The second-order valence-corrected chi connectivity index (χ2v) is 14.6. The van der Waals surface area contributed by atoms with Crippen LogP contribution in [-0.2, 0) is 37.1 Å². The van der Waals surface area contributed by atoms with E-state index in [2.05, 4.69) is 5.32 Å². The number of hydrogen-bond acceptors (Lipinski definition) is 5. The summed E-state index contributed by atoms with van der Waals surface area (Å²) >= 11 is 0. The van der Waals surface area contributed by atoms with Gasteiger partial charge in [-0.25, -0.2) is 17.2 Å². The highest BCUT2D eigenvalue weighted by molar-refractivity contribution is 7.91. The fourth-order valence-corrected chi connectivity index (χ4v) is 7.74.